The predicted octanol–water partition coefficient (Wildman–Crippen LogP) is 6.68. The van der Waals surface area contributed by atoms with Gasteiger partial charge in [0, 0.05) is 15.7 Å². The molecule has 3 rings (SSSR count). The number of alkyl halides is 3. The van der Waals surface area contributed by atoms with E-state index in [2.05, 4.69) is 0 Å². The normalized spacial score (nSPS) is 12.0. The van der Waals surface area contributed by atoms with Crippen LogP contribution in [0.4, 0.5) is 18.9 Å². The molecule has 0 aromatic heterocycles. The van der Waals surface area contributed by atoms with Gasteiger partial charge in [-0.1, -0.05) is 59.6 Å². The van der Waals surface area contributed by atoms with E-state index in [1.165, 1.54) is 22.9 Å². The molecular weight excluding hydrogens is 486 g/mol. The molecule has 3 aromatic carbocycles. The van der Waals surface area contributed by atoms with Crippen LogP contribution in [0.3, 0.4) is 0 Å². The van der Waals surface area contributed by atoms with Gasteiger partial charge in [-0.2, -0.15) is 21.6 Å². The number of sulfonamides is 1. The van der Waals surface area contributed by atoms with Crippen LogP contribution in [0.2, 0.25) is 10.0 Å². The molecule has 0 heterocycles. The summed E-state index contributed by atoms with van der Waals surface area (Å²) in [6.45, 7) is 0.519. The Morgan fingerprint density at radius 2 is 1.59 bits per heavy atom. The highest BCUT2D eigenvalue weighted by Gasteiger charge is 2.46. The number of halogens is 5. The Morgan fingerprint density at radius 3 is 2.25 bits per heavy atom. The van der Waals surface area contributed by atoms with E-state index >= 15 is 0 Å². The minimum absolute atomic E-state index is 0.166. The first-order chi connectivity index (χ1) is 15.0. The van der Waals surface area contributed by atoms with Gasteiger partial charge < -0.3 is 4.74 Å². The molecule has 0 aliphatic rings. The molecule has 0 amide bonds. The van der Waals surface area contributed by atoms with Crippen LogP contribution in [0, 0.1) is 0 Å². The van der Waals surface area contributed by atoms with Gasteiger partial charge in [-0.3, -0.25) is 4.72 Å². The van der Waals surface area contributed by atoms with Crippen LogP contribution in [-0.4, -0.2) is 20.5 Å². The average molecular weight is 504 g/mol. The van der Waals surface area contributed by atoms with Crippen molar-refractivity contribution in [3.8, 4) is 11.1 Å². The smallest absolute Gasteiger partial charge is 0.376 e. The lowest BCUT2D eigenvalue weighted by molar-refractivity contribution is -0.0429. The highest BCUT2D eigenvalue weighted by atomic mass is 35.5. The van der Waals surface area contributed by atoms with Crippen LogP contribution in [0.25, 0.3) is 11.1 Å². The highest BCUT2D eigenvalue weighted by Crippen LogP contribution is 2.28. The summed E-state index contributed by atoms with van der Waals surface area (Å²) in [5.74, 6) is 0. The van der Waals surface area contributed by atoms with Crippen molar-refractivity contribution in [3.05, 3.63) is 87.9 Å². The molecule has 0 atom stereocenters. The third-order valence-corrected chi connectivity index (χ3v) is 6.22. The second-order valence-electron chi connectivity index (χ2n) is 6.87. The van der Waals surface area contributed by atoms with Crippen molar-refractivity contribution in [1.29, 1.82) is 0 Å². The zero-order chi connectivity index (χ0) is 23.4. The van der Waals surface area contributed by atoms with E-state index in [9.17, 15) is 21.6 Å². The lowest BCUT2D eigenvalue weighted by Gasteiger charge is -2.12. The van der Waals surface area contributed by atoms with Gasteiger partial charge in [0.2, 0.25) is 0 Å². The number of ether oxygens (including phenoxy) is 1. The van der Waals surface area contributed by atoms with E-state index in [0.717, 1.165) is 16.7 Å². The van der Waals surface area contributed by atoms with Crippen molar-refractivity contribution >= 4 is 38.9 Å². The molecule has 0 unspecified atom stereocenters. The fourth-order valence-corrected chi connectivity index (χ4v) is 3.78. The minimum atomic E-state index is -5.46. The molecular formula is C22H18Cl2F3NO3S. The quantitative estimate of drug-likeness (QED) is 0.348. The van der Waals surface area contributed by atoms with Crippen molar-refractivity contribution in [2.75, 3.05) is 11.3 Å². The summed E-state index contributed by atoms with van der Waals surface area (Å²) in [6.07, 6.45) is 0.377. The maximum absolute atomic E-state index is 12.5. The lowest BCUT2D eigenvalue weighted by Crippen LogP contribution is -2.29. The third kappa shape index (κ3) is 6.38. The first-order valence-electron chi connectivity index (χ1n) is 9.35. The molecule has 3 aromatic rings. The van der Waals surface area contributed by atoms with Gasteiger partial charge in [-0.05, 0) is 59.0 Å². The average Bonchev–Trinajstić information content (AvgIpc) is 2.72. The summed E-state index contributed by atoms with van der Waals surface area (Å²) in [5, 5.41) is 1.19. The number of benzene rings is 3. The fourth-order valence-electron chi connectivity index (χ4n) is 2.86. The Balaban J connectivity index is 1.55. The zero-order valence-corrected chi connectivity index (χ0v) is 18.8. The number of hydrogen-bond acceptors (Lipinski definition) is 3. The number of anilines is 1. The molecule has 0 aliphatic carbocycles. The van der Waals surface area contributed by atoms with E-state index in [1.807, 2.05) is 30.3 Å². The Morgan fingerprint density at radius 1 is 0.906 bits per heavy atom. The topological polar surface area (TPSA) is 55.4 Å². The van der Waals surface area contributed by atoms with E-state index in [4.69, 9.17) is 27.9 Å². The van der Waals surface area contributed by atoms with Crippen molar-refractivity contribution in [1.82, 2.24) is 0 Å². The Hall–Kier alpha value is -2.26. The molecule has 10 heteroatoms. The summed E-state index contributed by atoms with van der Waals surface area (Å²) in [7, 11) is -5.46. The van der Waals surface area contributed by atoms with Gasteiger partial charge in [0.25, 0.3) is 0 Å². The summed E-state index contributed by atoms with van der Waals surface area (Å²) in [4.78, 5) is 0. The summed E-state index contributed by atoms with van der Waals surface area (Å²) < 4.78 is 67.2. The first kappa shape index (κ1) is 24.4. The minimum Gasteiger partial charge on any atom is -0.376 e. The molecule has 0 radical (unpaired) electrons. The van der Waals surface area contributed by atoms with Gasteiger partial charge in [0.1, 0.15) is 0 Å². The number of rotatable bonds is 8. The largest absolute Gasteiger partial charge is 0.516 e. The van der Waals surface area contributed by atoms with E-state index in [-0.39, 0.29) is 18.9 Å². The van der Waals surface area contributed by atoms with Crippen molar-refractivity contribution in [2.24, 2.45) is 0 Å². The maximum Gasteiger partial charge on any atom is 0.516 e. The summed E-state index contributed by atoms with van der Waals surface area (Å²) in [5.41, 5.74) is -2.22. The van der Waals surface area contributed by atoms with Gasteiger partial charge in [0.05, 0.1) is 13.2 Å². The van der Waals surface area contributed by atoms with Crippen LogP contribution in [-0.2, 0) is 27.8 Å². The number of nitrogens with one attached hydrogen (secondary N) is 1. The monoisotopic (exact) mass is 503 g/mol. The van der Waals surface area contributed by atoms with Crippen LogP contribution in [0.1, 0.15) is 11.1 Å². The van der Waals surface area contributed by atoms with Crippen LogP contribution >= 0.6 is 23.2 Å². The molecule has 0 bridgehead atoms. The number of hydrogen-bond donors (Lipinski definition) is 1. The Labute approximate surface area is 194 Å². The third-order valence-electron chi connectivity index (χ3n) is 4.51. The zero-order valence-electron chi connectivity index (χ0n) is 16.5. The molecule has 0 fully saturated rings. The van der Waals surface area contributed by atoms with Crippen molar-refractivity contribution in [2.45, 2.75) is 18.5 Å². The summed E-state index contributed by atoms with van der Waals surface area (Å²) >= 11 is 12.3. The van der Waals surface area contributed by atoms with E-state index in [1.54, 1.807) is 18.2 Å². The molecule has 0 saturated carbocycles. The van der Waals surface area contributed by atoms with Crippen LogP contribution in [0.15, 0.2) is 66.7 Å². The maximum atomic E-state index is 12.5. The van der Waals surface area contributed by atoms with Gasteiger partial charge >= 0.3 is 15.5 Å². The summed E-state index contributed by atoms with van der Waals surface area (Å²) in [6, 6.07) is 18.7. The first-order valence-corrected chi connectivity index (χ1v) is 11.6. The highest BCUT2D eigenvalue weighted by molar-refractivity contribution is 7.93. The van der Waals surface area contributed by atoms with Crippen molar-refractivity contribution in [3.63, 3.8) is 0 Å². The second-order valence-corrected chi connectivity index (χ2v) is 9.38. The fraction of sp³-hybridized carbons (Fsp3) is 0.182. The molecule has 32 heavy (non-hydrogen) atoms. The van der Waals surface area contributed by atoms with E-state index in [0.29, 0.717) is 22.0 Å². The lowest BCUT2D eigenvalue weighted by atomic mass is 10.0. The predicted molar refractivity (Wildman–Crippen MR) is 120 cm³/mol. The standard InChI is InChI=1S/C22H18Cl2F3NO3S/c23-19-8-6-16(7-9-19)17-4-5-18(21(24)13-17)14-31-11-10-15-2-1-3-20(12-15)28-32(29,30)22(25,26)27/h1-9,12-13,28H,10-11,14H2. The van der Waals surface area contributed by atoms with Gasteiger partial charge in [0.15, 0.2) is 0 Å². The molecule has 4 nitrogen and oxygen atoms in total. The second kappa shape index (κ2) is 10.1. The van der Waals surface area contributed by atoms with E-state index < -0.39 is 15.5 Å². The molecule has 170 valence electrons. The Bertz CT molecular complexity index is 1180. The molecule has 0 aliphatic heterocycles. The van der Waals surface area contributed by atoms with Gasteiger partial charge in [-0.15, -0.1) is 0 Å². The van der Waals surface area contributed by atoms with Crippen LogP contribution < -0.4 is 4.72 Å². The molecule has 0 saturated heterocycles. The van der Waals surface area contributed by atoms with Crippen LogP contribution in [0.5, 0.6) is 0 Å². The Kier molecular flexibility index (Phi) is 7.71. The van der Waals surface area contributed by atoms with Gasteiger partial charge in [-0.25, -0.2) is 0 Å². The molecule has 1 N–H and O–H groups in total. The SMILES string of the molecule is O=S(=O)(Nc1cccc(CCOCc2ccc(-c3ccc(Cl)cc3)cc2Cl)c1)C(F)(F)F. The van der Waals surface area contributed by atoms with Crippen molar-refractivity contribution < 1.29 is 26.3 Å². The molecule has 0 spiro atoms.